The summed E-state index contributed by atoms with van der Waals surface area (Å²) in [5.41, 5.74) is 1.74. The van der Waals surface area contributed by atoms with Crippen molar-refractivity contribution in [2.45, 2.75) is 6.92 Å². The molecule has 0 aliphatic heterocycles. The fourth-order valence-electron chi connectivity index (χ4n) is 1.74. The third kappa shape index (κ3) is 1.61. The van der Waals surface area contributed by atoms with Crippen LogP contribution in [0.25, 0.3) is 11.3 Å². The average molecular weight is 233 g/mol. The molecule has 0 saturated carbocycles. The zero-order valence-corrected chi connectivity index (χ0v) is 9.56. The lowest BCUT2D eigenvalue weighted by Gasteiger charge is -2.01. The van der Waals surface area contributed by atoms with Gasteiger partial charge in [-0.2, -0.15) is 15.8 Å². The molecule has 0 radical (unpaired) electrons. The van der Waals surface area contributed by atoms with Crippen LogP contribution in [0.4, 0.5) is 0 Å². The molecule has 0 aliphatic rings. The Morgan fingerprint density at radius 3 is 2.17 bits per heavy atom. The first-order valence-electron chi connectivity index (χ1n) is 5.16. The SMILES string of the molecule is Cc1ccccc1-c1oc(C#N)c(C#N)c1C#N. The fraction of sp³-hybridized carbons (Fsp3) is 0.0714. The molecule has 0 atom stereocenters. The van der Waals surface area contributed by atoms with Crippen LogP contribution in [0.1, 0.15) is 22.5 Å². The summed E-state index contributed by atoms with van der Waals surface area (Å²) in [4.78, 5) is 0. The molecule has 84 valence electrons. The number of aryl methyl sites for hydroxylation is 1. The third-order valence-corrected chi connectivity index (χ3v) is 2.62. The highest BCUT2D eigenvalue weighted by Crippen LogP contribution is 2.32. The summed E-state index contributed by atoms with van der Waals surface area (Å²) in [6.07, 6.45) is 0. The Bertz CT molecular complexity index is 736. The lowest BCUT2D eigenvalue weighted by molar-refractivity contribution is 0.565. The summed E-state index contributed by atoms with van der Waals surface area (Å²) in [5, 5.41) is 27.0. The molecule has 0 N–H and O–H groups in total. The van der Waals surface area contributed by atoms with E-state index in [0.29, 0.717) is 5.56 Å². The summed E-state index contributed by atoms with van der Waals surface area (Å²) in [5.74, 6) is 0.163. The van der Waals surface area contributed by atoms with E-state index in [-0.39, 0.29) is 22.6 Å². The molecule has 18 heavy (non-hydrogen) atoms. The maximum atomic E-state index is 9.12. The Kier molecular flexibility index (Phi) is 2.83. The maximum absolute atomic E-state index is 9.12. The predicted molar refractivity (Wildman–Crippen MR) is 63.0 cm³/mol. The van der Waals surface area contributed by atoms with Gasteiger partial charge in [-0.15, -0.1) is 0 Å². The van der Waals surface area contributed by atoms with Gasteiger partial charge in [0.25, 0.3) is 0 Å². The van der Waals surface area contributed by atoms with Gasteiger partial charge in [-0.3, -0.25) is 0 Å². The zero-order valence-electron chi connectivity index (χ0n) is 9.56. The molecule has 2 aromatic rings. The van der Waals surface area contributed by atoms with E-state index in [2.05, 4.69) is 0 Å². The van der Waals surface area contributed by atoms with Crippen LogP contribution >= 0.6 is 0 Å². The van der Waals surface area contributed by atoms with E-state index in [0.717, 1.165) is 5.56 Å². The van der Waals surface area contributed by atoms with Crippen molar-refractivity contribution in [2.75, 3.05) is 0 Å². The average Bonchev–Trinajstić information content (AvgIpc) is 2.76. The van der Waals surface area contributed by atoms with Gasteiger partial charge in [0.05, 0.1) is 0 Å². The molecule has 4 nitrogen and oxygen atoms in total. The van der Waals surface area contributed by atoms with Gasteiger partial charge in [-0.05, 0) is 12.5 Å². The first-order valence-corrected chi connectivity index (χ1v) is 5.16. The lowest BCUT2D eigenvalue weighted by Crippen LogP contribution is -1.84. The van der Waals surface area contributed by atoms with Gasteiger partial charge < -0.3 is 4.42 Å². The maximum Gasteiger partial charge on any atom is 0.223 e. The van der Waals surface area contributed by atoms with Crippen molar-refractivity contribution in [1.29, 1.82) is 15.8 Å². The van der Waals surface area contributed by atoms with E-state index in [9.17, 15) is 0 Å². The molecule has 0 saturated heterocycles. The number of rotatable bonds is 1. The number of benzene rings is 1. The van der Waals surface area contributed by atoms with E-state index >= 15 is 0 Å². The van der Waals surface area contributed by atoms with Crippen LogP contribution in [-0.4, -0.2) is 0 Å². The Balaban J connectivity index is 2.80. The Hall–Kier alpha value is -3.03. The standard InChI is InChI=1S/C14H7N3O/c1-9-4-2-3-5-10(9)14-12(7-16)11(6-15)13(8-17)18-14/h2-5H,1H3. The van der Waals surface area contributed by atoms with E-state index < -0.39 is 0 Å². The number of nitriles is 3. The second-order valence-electron chi connectivity index (χ2n) is 3.66. The Morgan fingerprint density at radius 2 is 1.61 bits per heavy atom. The second kappa shape index (κ2) is 4.45. The molecule has 4 heteroatoms. The normalized spacial score (nSPS) is 9.22. The molecule has 1 aromatic heterocycles. The van der Waals surface area contributed by atoms with Crippen LogP contribution in [0.5, 0.6) is 0 Å². The molecular formula is C14H7N3O. The van der Waals surface area contributed by atoms with Gasteiger partial charge in [0.15, 0.2) is 5.76 Å². The minimum absolute atomic E-state index is 0.00162. The summed E-state index contributed by atoms with van der Waals surface area (Å²) in [7, 11) is 0. The van der Waals surface area contributed by atoms with Crippen LogP contribution < -0.4 is 0 Å². The highest BCUT2D eigenvalue weighted by atomic mass is 16.3. The molecule has 1 heterocycles. The van der Waals surface area contributed by atoms with Gasteiger partial charge in [0.1, 0.15) is 29.3 Å². The molecule has 0 fully saturated rings. The first-order chi connectivity index (χ1) is 8.72. The Labute approximate surface area is 104 Å². The number of hydrogen-bond donors (Lipinski definition) is 0. The number of nitrogens with zero attached hydrogens (tertiary/aromatic N) is 3. The van der Waals surface area contributed by atoms with Crippen LogP contribution in [0, 0.1) is 40.9 Å². The van der Waals surface area contributed by atoms with Crippen molar-refractivity contribution < 1.29 is 4.42 Å². The van der Waals surface area contributed by atoms with E-state index in [4.69, 9.17) is 20.2 Å². The lowest BCUT2D eigenvalue weighted by atomic mass is 10.0. The predicted octanol–water partition coefficient (Wildman–Crippen LogP) is 2.87. The Morgan fingerprint density at radius 1 is 0.944 bits per heavy atom. The van der Waals surface area contributed by atoms with Crippen molar-refractivity contribution in [2.24, 2.45) is 0 Å². The van der Waals surface area contributed by atoms with Crippen LogP contribution in [0.15, 0.2) is 28.7 Å². The van der Waals surface area contributed by atoms with Crippen molar-refractivity contribution >= 4 is 0 Å². The minimum Gasteiger partial charge on any atom is -0.443 e. The van der Waals surface area contributed by atoms with Gasteiger partial charge in [0, 0.05) is 5.56 Å². The number of hydrogen-bond acceptors (Lipinski definition) is 4. The van der Waals surface area contributed by atoms with Crippen molar-refractivity contribution in [1.82, 2.24) is 0 Å². The highest BCUT2D eigenvalue weighted by molar-refractivity contribution is 5.73. The quantitative estimate of drug-likeness (QED) is 0.757. The monoisotopic (exact) mass is 233 g/mol. The topological polar surface area (TPSA) is 84.5 Å². The molecule has 1 aromatic carbocycles. The van der Waals surface area contributed by atoms with Gasteiger partial charge in [-0.1, -0.05) is 24.3 Å². The molecule has 0 unspecified atom stereocenters. The van der Waals surface area contributed by atoms with Gasteiger partial charge in [0.2, 0.25) is 5.76 Å². The van der Waals surface area contributed by atoms with E-state index in [1.807, 2.05) is 37.3 Å². The molecule has 0 aliphatic carbocycles. The van der Waals surface area contributed by atoms with E-state index in [1.165, 1.54) is 0 Å². The molecule has 0 bridgehead atoms. The van der Waals surface area contributed by atoms with Crippen molar-refractivity contribution in [3.05, 3.63) is 46.7 Å². The summed E-state index contributed by atoms with van der Waals surface area (Å²) in [6.45, 7) is 1.87. The zero-order chi connectivity index (χ0) is 13.1. The second-order valence-corrected chi connectivity index (χ2v) is 3.66. The molecule has 0 spiro atoms. The van der Waals surface area contributed by atoms with Gasteiger partial charge >= 0.3 is 0 Å². The third-order valence-electron chi connectivity index (χ3n) is 2.62. The smallest absolute Gasteiger partial charge is 0.223 e. The summed E-state index contributed by atoms with van der Waals surface area (Å²) < 4.78 is 5.34. The van der Waals surface area contributed by atoms with Gasteiger partial charge in [-0.25, -0.2) is 0 Å². The highest BCUT2D eigenvalue weighted by Gasteiger charge is 2.22. The van der Waals surface area contributed by atoms with Crippen LogP contribution in [0.3, 0.4) is 0 Å². The fourth-order valence-corrected chi connectivity index (χ4v) is 1.74. The first kappa shape index (κ1) is 11.5. The van der Waals surface area contributed by atoms with Crippen molar-refractivity contribution in [3.63, 3.8) is 0 Å². The number of furan rings is 1. The summed E-state index contributed by atoms with van der Waals surface area (Å²) in [6, 6.07) is 12.9. The molecule has 2 rings (SSSR count). The summed E-state index contributed by atoms with van der Waals surface area (Å²) >= 11 is 0. The molecular weight excluding hydrogens is 226 g/mol. The largest absolute Gasteiger partial charge is 0.443 e. The van der Waals surface area contributed by atoms with Crippen LogP contribution in [-0.2, 0) is 0 Å². The van der Waals surface area contributed by atoms with E-state index in [1.54, 1.807) is 12.1 Å². The minimum atomic E-state index is -0.118. The molecule has 0 amide bonds. The van der Waals surface area contributed by atoms with Crippen molar-refractivity contribution in [3.8, 4) is 29.5 Å². The van der Waals surface area contributed by atoms with Crippen LogP contribution in [0.2, 0.25) is 0 Å².